The lowest BCUT2D eigenvalue weighted by Crippen LogP contribution is -2.32. The second-order valence-corrected chi connectivity index (χ2v) is 9.73. The molecule has 1 N–H and O–H groups in total. The lowest BCUT2D eigenvalue weighted by atomic mass is 9.88. The van der Waals surface area contributed by atoms with Crippen LogP contribution in [0.3, 0.4) is 0 Å². The van der Waals surface area contributed by atoms with Crippen molar-refractivity contribution in [3.8, 4) is 11.3 Å². The Kier molecular flexibility index (Phi) is 4.32. The summed E-state index contributed by atoms with van der Waals surface area (Å²) in [4.78, 5) is 14.1. The van der Waals surface area contributed by atoms with Gasteiger partial charge in [0.15, 0.2) is 5.16 Å². The maximum Gasteiger partial charge on any atom is 0.167 e. The van der Waals surface area contributed by atoms with E-state index in [4.69, 9.17) is 21.9 Å². The zero-order valence-corrected chi connectivity index (χ0v) is 18.3. The zero-order valence-electron chi connectivity index (χ0n) is 15.8. The number of hydrogen-bond acceptors (Lipinski definition) is 6. The first-order chi connectivity index (χ1) is 13.5. The predicted molar refractivity (Wildman–Crippen MR) is 120 cm³/mol. The van der Waals surface area contributed by atoms with E-state index in [0.717, 1.165) is 37.9 Å². The number of benzene rings is 1. The third-order valence-electron chi connectivity index (χ3n) is 5.13. The fourth-order valence-electron chi connectivity index (χ4n) is 3.81. The number of hydrogen-bond donors (Lipinski definition) is 1. The molecule has 0 saturated carbocycles. The molecule has 4 heterocycles. The van der Waals surface area contributed by atoms with E-state index < -0.39 is 0 Å². The molecule has 5 rings (SSSR count). The summed E-state index contributed by atoms with van der Waals surface area (Å²) in [5, 5.41) is 2.01. The van der Waals surface area contributed by atoms with Crippen molar-refractivity contribution in [3.63, 3.8) is 0 Å². The summed E-state index contributed by atoms with van der Waals surface area (Å²) >= 11 is 8.79. The van der Waals surface area contributed by atoms with Gasteiger partial charge in [-0.25, -0.2) is 9.97 Å². The van der Waals surface area contributed by atoms with Gasteiger partial charge >= 0.3 is 0 Å². The molecule has 7 heteroatoms. The highest BCUT2D eigenvalue weighted by Crippen LogP contribution is 2.43. The maximum absolute atomic E-state index is 6.18. The Hall–Kier alpha value is -1.80. The molecule has 1 aliphatic rings. The highest BCUT2D eigenvalue weighted by atomic mass is 32.2. The molecule has 0 unspecified atom stereocenters. The zero-order chi connectivity index (χ0) is 19.5. The molecule has 3 aromatic heterocycles. The lowest BCUT2D eigenvalue weighted by Gasteiger charge is -2.33. The van der Waals surface area contributed by atoms with Crippen LogP contribution in [0.4, 0.5) is 0 Å². The number of fused-ring (bicyclic) bond motifs is 5. The molecule has 1 aliphatic heterocycles. The van der Waals surface area contributed by atoms with Crippen molar-refractivity contribution in [2.24, 2.45) is 0 Å². The summed E-state index contributed by atoms with van der Waals surface area (Å²) in [7, 11) is 0. The van der Waals surface area contributed by atoms with Crippen molar-refractivity contribution >= 4 is 55.7 Å². The van der Waals surface area contributed by atoms with Gasteiger partial charge < -0.3 is 9.72 Å². The highest BCUT2D eigenvalue weighted by molar-refractivity contribution is 7.98. The molecule has 0 saturated heterocycles. The number of thioether (sulfide) groups is 1. The predicted octanol–water partition coefficient (Wildman–Crippen LogP) is 6.14. The largest absolute Gasteiger partial charge is 0.370 e. The van der Waals surface area contributed by atoms with Crippen LogP contribution < -0.4 is 0 Å². The van der Waals surface area contributed by atoms with Crippen molar-refractivity contribution in [2.45, 2.75) is 37.6 Å². The second kappa shape index (κ2) is 6.62. The molecule has 142 valence electrons. The fourth-order valence-corrected chi connectivity index (χ4v) is 5.62. The van der Waals surface area contributed by atoms with Crippen LogP contribution in [-0.4, -0.2) is 26.8 Å². The molecule has 0 fully saturated rings. The van der Waals surface area contributed by atoms with Crippen LogP contribution >= 0.6 is 35.3 Å². The van der Waals surface area contributed by atoms with Crippen molar-refractivity contribution in [2.75, 3.05) is 6.26 Å². The molecular formula is C21H19N3OS3. The Labute approximate surface area is 176 Å². The minimum Gasteiger partial charge on any atom is -0.370 e. The molecule has 0 amide bonds. The van der Waals surface area contributed by atoms with E-state index in [9.17, 15) is 0 Å². The van der Waals surface area contributed by atoms with Crippen LogP contribution in [0.25, 0.3) is 31.7 Å². The summed E-state index contributed by atoms with van der Waals surface area (Å²) in [6, 6.07) is 10.4. The van der Waals surface area contributed by atoms with Crippen LogP contribution in [0.2, 0.25) is 0 Å². The Balaban J connectivity index is 1.92. The van der Waals surface area contributed by atoms with E-state index in [2.05, 4.69) is 48.1 Å². The van der Waals surface area contributed by atoms with E-state index in [1.807, 2.05) is 12.3 Å². The van der Waals surface area contributed by atoms with E-state index >= 15 is 0 Å². The van der Waals surface area contributed by atoms with Crippen LogP contribution in [0.15, 0.2) is 35.5 Å². The second-order valence-electron chi connectivity index (χ2n) is 7.55. The van der Waals surface area contributed by atoms with Gasteiger partial charge in [-0.05, 0) is 25.7 Å². The fraction of sp³-hybridized carbons (Fsp3) is 0.286. The average Bonchev–Trinajstić information content (AvgIpc) is 3.06. The minimum absolute atomic E-state index is 0.213. The Bertz CT molecular complexity index is 1280. The van der Waals surface area contributed by atoms with Crippen molar-refractivity contribution in [1.82, 2.24) is 15.0 Å². The molecule has 4 aromatic rings. The van der Waals surface area contributed by atoms with Gasteiger partial charge in [-0.3, -0.25) is 0 Å². The molecule has 0 radical (unpaired) electrons. The van der Waals surface area contributed by atoms with E-state index in [1.165, 1.54) is 16.5 Å². The van der Waals surface area contributed by atoms with Gasteiger partial charge in [-0.1, -0.05) is 54.3 Å². The number of H-pyrrole nitrogens is 1. The van der Waals surface area contributed by atoms with E-state index in [1.54, 1.807) is 23.1 Å². The first-order valence-electron chi connectivity index (χ1n) is 9.08. The Morgan fingerprint density at radius 1 is 1.18 bits per heavy atom. The molecule has 28 heavy (non-hydrogen) atoms. The summed E-state index contributed by atoms with van der Waals surface area (Å²) < 4.78 is 7.82. The number of rotatable bonds is 2. The molecule has 0 spiro atoms. The standard InChI is InChI=1S/C21H19N3OS3/c1-21(2)9-12-13(10-25-21)15(11-7-5-4-6-8-11)22-19-14(12)16-17(28-19)18(26)24-20(23-16)27-3/h4-8H,9-10H2,1-3H3,(H,23,24,26). The van der Waals surface area contributed by atoms with Gasteiger partial charge in [0, 0.05) is 22.9 Å². The normalized spacial score (nSPS) is 15.8. The van der Waals surface area contributed by atoms with Gasteiger partial charge in [0.2, 0.25) is 0 Å². The van der Waals surface area contributed by atoms with Gasteiger partial charge in [0.05, 0.1) is 28.1 Å². The molecule has 0 bridgehead atoms. The number of aromatic amines is 1. The van der Waals surface area contributed by atoms with Crippen LogP contribution in [0.5, 0.6) is 0 Å². The van der Waals surface area contributed by atoms with Gasteiger partial charge in [0.25, 0.3) is 0 Å². The first-order valence-corrected chi connectivity index (χ1v) is 11.5. The van der Waals surface area contributed by atoms with Crippen molar-refractivity contribution < 1.29 is 4.74 Å². The number of nitrogens with zero attached hydrogens (tertiary/aromatic N) is 2. The Morgan fingerprint density at radius 2 is 1.96 bits per heavy atom. The van der Waals surface area contributed by atoms with E-state index in [0.29, 0.717) is 11.2 Å². The molecular weight excluding hydrogens is 406 g/mol. The van der Waals surface area contributed by atoms with Gasteiger partial charge in [-0.15, -0.1) is 11.3 Å². The minimum atomic E-state index is -0.213. The van der Waals surface area contributed by atoms with Crippen LogP contribution in [0, 0.1) is 4.64 Å². The van der Waals surface area contributed by atoms with Crippen LogP contribution in [-0.2, 0) is 17.8 Å². The molecule has 0 aliphatic carbocycles. The van der Waals surface area contributed by atoms with Gasteiger partial charge in [-0.2, -0.15) is 0 Å². The Morgan fingerprint density at radius 3 is 2.71 bits per heavy atom. The van der Waals surface area contributed by atoms with Gasteiger partial charge in [0.1, 0.15) is 9.47 Å². The lowest BCUT2D eigenvalue weighted by molar-refractivity contribution is -0.0394. The average molecular weight is 426 g/mol. The van der Waals surface area contributed by atoms with Crippen LogP contribution in [0.1, 0.15) is 25.0 Å². The molecule has 0 atom stereocenters. The van der Waals surface area contributed by atoms with Crippen molar-refractivity contribution in [1.29, 1.82) is 0 Å². The smallest absolute Gasteiger partial charge is 0.167 e. The molecule has 1 aromatic carbocycles. The summed E-state index contributed by atoms with van der Waals surface area (Å²) in [6.07, 6.45) is 2.84. The topological polar surface area (TPSA) is 50.8 Å². The number of aromatic nitrogens is 3. The number of pyridine rings is 1. The summed E-state index contributed by atoms with van der Waals surface area (Å²) in [5.74, 6) is 0. The number of thiophene rings is 1. The first kappa shape index (κ1) is 18.2. The summed E-state index contributed by atoms with van der Waals surface area (Å²) in [6.45, 7) is 4.86. The third kappa shape index (κ3) is 2.88. The SMILES string of the molecule is CSc1nc(=S)c2sc3nc(-c4ccccc4)c4c(c3c2[nH]1)CC(C)(C)OC4. The number of ether oxygens (including phenoxy) is 1. The monoisotopic (exact) mass is 425 g/mol. The summed E-state index contributed by atoms with van der Waals surface area (Å²) in [5.41, 5.74) is 5.47. The highest BCUT2D eigenvalue weighted by Gasteiger charge is 2.31. The quantitative estimate of drug-likeness (QED) is 0.237. The maximum atomic E-state index is 6.18. The van der Waals surface area contributed by atoms with E-state index in [-0.39, 0.29) is 5.60 Å². The van der Waals surface area contributed by atoms with Crippen molar-refractivity contribution in [3.05, 3.63) is 46.1 Å². The third-order valence-corrected chi connectivity index (χ3v) is 7.23. The molecule has 4 nitrogen and oxygen atoms in total. The number of nitrogens with one attached hydrogen (secondary N) is 1.